The third kappa shape index (κ3) is 4.03. The molecule has 4 aromatic rings. The fourth-order valence-electron chi connectivity index (χ4n) is 3.31. The number of thioether (sulfide) groups is 1. The zero-order chi connectivity index (χ0) is 20.4. The molecule has 0 atom stereocenters. The number of para-hydroxylation sites is 1. The van der Waals surface area contributed by atoms with Crippen LogP contribution in [0.3, 0.4) is 0 Å². The van der Waals surface area contributed by atoms with Gasteiger partial charge in [0, 0.05) is 28.2 Å². The van der Waals surface area contributed by atoms with Gasteiger partial charge in [0.05, 0.1) is 5.75 Å². The van der Waals surface area contributed by atoms with Crippen LogP contribution in [0.15, 0.2) is 70.3 Å². The van der Waals surface area contributed by atoms with Crippen LogP contribution in [-0.4, -0.2) is 26.3 Å². The van der Waals surface area contributed by atoms with Crippen molar-refractivity contribution in [1.82, 2.24) is 14.8 Å². The van der Waals surface area contributed by atoms with Gasteiger partial charge in [0.25, 0.3) is 5.22 Å². The molecule has 0 fully saturated rings. The van der Waals surface area contributed by atoms with Gasteiger partial charge in [-0.3, -0.25) is 4.79 Å². The molecule has 0 radical (unpaired) electrons. The van der Waals surface area contributed by atoms with Crippen molar-refractivity contribution in [3.63, 3.8) is 0 Å². The molecule has 0 unspecified atom stereocenters. The number of hydrogen-bond acceptors (Lipinski definition) is 5. The maximum absolute atomic E-state index is 12.8. The molecule has 29 heavy (non-hydrogen) atoms. The molecule has 0 amide bonds. The molecule has 0 saturated heterocycles. The lowest BCUT2D eigenvalue weighted by Crippen LogP contribution is -2.05. The van der Waals surface area contributed by atoms with Crippen LogP contribution in [0.25, 0.3) is 17.1 Å². The summed E-state index contributed by atoms with van der Waals surface area (Å²) in [6.45, 7) is 6.01. The summed E-state index contributed by atoms with van der Waals surface area (Å²) in [6.07, 6.45) is 0. The van der Waals surface area contributed by atoms with E-state index >= 15 is 0 Å². The van der Waals surface area contributed by atoms with E-state index in [1.807, 2.05) is 81.4 Å². The fraction of sp³-hybridized carbons (Fsp3) is 0.174. The first-order valence-corrected chi connectivity index (χ1v) is 10.3. The minimum absolute atomic E-state index is 0.0420. The Morgan fingerprint density at radius 3 is 2.45 bits per heavy atom. The number of Topliss-reactive ketones (excluding diaryl/α,β-unsaturated/α-hetero) is 1. The van der Waals surface area contributed by atoms with Gasteiger partial charge in [-0.25, -0.2) is 0 Å². The molecule has 4 rings (SSSR count). The van der Waals surface area contributed by atoms with Crippen molar-refractivity contribution in [2.75, 3.05) is 5.75 Å². The number of hydrogen-bond donors (Lipinski definition) is 0. The molecular formula is C23H21N3O2S. The minimum Gasteiger partial charge on any atom is -0.411 e. The SMILES string of the molecule is Cc1ccc(-c2nnc(SCC(=O)c3cc(C)n(-c4ccccc4)c3C)o2)cc1. The third-order valence-electron chi connectivity index (χ3n) is 4.78. The Balaban J connectivity index is 1.48. The summed E-state index contributed by atoms with van der Waals surface area (Å²) in [5.41, 5.74) is 5.77. The number of carbonyl (C=O) groups is 1. The van der Waals surface area contributed by atoms with Crippen LogP contribution < -0.4 is 0 Å². The average molecular weight is 404 g/mol. The van der Waals surface area contributed by atoms with Crippen molar-refractivity contribution < 1.29 is 9.21 Å². The number of aryl methyl sites for hydroxylation is 2. The van der Waals surface area contributed by atoms with Gasteiger partial charge in [-0.05, 0) is 51.1 Å². The number of carbonyl (C=O) groups excluding carboxylic acids is 1. The first-order chi connectivity index (χ1) is 14.0. The molecule has 2 aromatic heterocycles. The van der Waals surface area contributed by atoms with Crippen LogP contribution in [0.2, 0.25) is 0 Å². The van der Waals surface area contributed by atoms with Crippen molar-refractivity contribution in [3.8, 4) is 17.1 Å². The Kier molecular flexibility index (Phi) is 5.36. The van der Waals surface area contributed by atoms with Crippen molar-refractivity contribution in [2.24, 2.45) is 0 Å². The quantitative estimate of drug-likeness (QED) is 0.317. The van der Waals surface area contributed by atoms with Crippen LogP contribution in [0, 0.1) is 20.8 Å². The number of benzene rings is 2. The van der Waals surface area contributed by atoms with E-state index in [9.17, 15) is 4.79 Å². The van der Waals surface area contributed by atoms with E-state index in [-0.39, 0.29) is 11.5 Å². The molecule has 146 valence electrons. The van der Waals surface area contributed by atoms with Crippen LogP contribution in [0.5, 0.6) is 0 Å². The van der Waals surface area contributed by atoms with Gasteiger partial charge in [0.1, 0.15) is 0 Å². The Bertz CT molecular complexity index is 1140. The number of nitrogens with zero attached hydrogens (tertiary/aromatic N) is 3. The van der Waals surface area contributed by atoms with Crippen molar-refractivity contribution in [3.05, 3.63) is 83.2 Å². The largest absolute Gasteiger partial charge is 0.411 e. The number of ketones is 1. The molecule has 2 heterocycles. The second-order valence-electron chi connectivity index (χ2n) is 6.91. The first-order valence-electron chi connectivity index (χ1n) is 9.34. The van der Waals surface area contributed by atoms with Gasteiger partial charge in [-0.1, -0.05) is 47.7 Å². The van der Waals surface area contributed by atoms with Gasteiger partial charge < -0.3 is 8.98 Å². The Labute approximate surface area is 173 Å². The van der Waals surface area contributed by atoms with E-state index in [2.05, 4.69) is 14.8 Å². The Morgan fingerprint density at radius 2 is 1.72 bits per heavy atom. The summed E-state index contributed by atoms with van der Waals surface area (Å²) in [4.78, 5) is 12.8. The minimum atomic E-state index is 0.0420. The second-order valence-corrected chi connectivity index (χ2v) is 7.83. The monoisotopic (exact) mass is 403 g/mol. The van der Waals surface area contributed by atoms with Gasteiger partial charge in [-0.15, -0.1) is 10.2 Å². The van der Waals surface area contributed by atoms with Gasteiger partial charge >= 0.3 is 0 Å². The zero-order valence-corrected chi connectivity index (χ0v) is 17.4. The smallest absolute Gasteiger partial charge is 0.277 e. The lowest BCUT2D eigenvalue weighted by atomic mass is 10.1. The van der Waals surface area contributed by atoms with Crippen LogP contribution >= 0.6 is 11.8 Å². The summed E-state index contributed by atoms with van der Waals surface area (Å²) < 4.78 is 7.80. The molecule has 0 aliphatic heterocycles. The Morgan fingerprint density at radius 1 is 1.00 bits per heavy atom. The fourth-order valence-corrected chi connectivity index (χ4v) is 3.95. The van der Waals surface area contributed by atoms with E-state index in [1.165, 1.54) is 17.3 Å². The summed E-state index contributed by atoms with van der Waals surface area (Å²) in [5.74, 6) is 0.747. The molecule has 0 saturated carbocycles. The highest BCUT2D eigenvalue weighted by Gasteiger charge is 2.18. The van der Waals surface area contributed by atoms with Crippen molar-refractivity contribution >= 4 is 17.5 Å². The van der Waals surface area contributed by atoms with E-state index < -0.39 is 0 Å². The molecule has 0 bridgehead atoms. The van der Waals surface area contributed by atoms with E-state index in [0.717, 1.165) is 28.2 Å². The standard InChI is InChI=1S/C23H21N3O2S/c1-15-9-11-18(12-10-15)22-24-25-23(28-22)29-14-21(27)20-13-16(2)26(17(20)3)19-7-5-4-6-8-19/h4-13H,14H2,1-3H3. The molecule has 0 aliphatic carbocycles. The van der Waals surface area contributed by atoms with E-state index in [4.69, 9.17) is 4.42 Å². The highest BCUT2D eigenvalue weighted by molar-refractivity contribution is 7.99. The highest BCUT2D eigenvalue weighted by atomic mass is 32.2. The zero-order valence-electron chi connectivity index (χ0n) is 16.5. The van der Waals surface area contributed by atoms with E-state index in [0.29, 0.717) is 11.1 Å². The van der Waals surface area contributed by atoms with Crippen molar-refractivity contribution in [1.29, 1.82) is 0 Å². The lowest BCUT2D eigenvalue weighted by molar-refractivity contribution is 0.102. The van der Waals surface area contributed by atoms with Gasteiger partial charge in [-0.2, -0.15) is 0 Å². The molecule has 6 heteroatoms. The Hall–Kier alpha value is -3.12. The number of aromatic nitrogens is 3. The van der Waals surface area contributed by atoms with E-state index in [1.54, 1.807) is 0 Å². The molecule has 5 nitrogen and oxygen atoms in total. The summed E-state index contributed by atoms with van der Waals surface area (Å²) in [5, 5.41) is 8.55. The second kappa shape index (κ2) is 8.09. The van der Waals surface area contributed by atoms with Crippen LogP contribution in [-0.2, 0) is 0 Å². The lowest BCUT2D eigenvalue weighted by Gasteiger charge is -2.09. The molecule has 0 N–H and O–H groups in total. The molecular weight excluding hydrogens is 382 g/mol. The number of rotatable bonds is 6. The maximum Gasteiger partial charge on any atom is 0.277 e. The van der Waals surface area contributed by atoms with Crippen LogP contribution in [0.1, 0.15) is 27.3 Å². The van der Waals surface area contributed by atoms with Crippen molar-refractivity contribution in [2.45, 2.75) is 26.0 Å². The summed E-state index contributed by atoms with van der Waals surface area (Å²) in [7, 11) is 0. The molecule has 2 aromatic carbocycles. The average Bonchev–Trinajstić information content (AvgIpc) is 3.32. The topological polar surface area (TPSA) is 60.9 Å². The van der Waals surface area contributed by atoms with Gasteiger partial charge in [0.15, 0.2) is 5.78 Å². The predicted molar refractivity (Wildman–Crippen MR) is 115 cm³/mol. The molecule has 0 spiro atoms. The predicted octanol–water partition coefficient (Wildman–Crippen LogP) is 5.43. The first kappa shape index (κ1) is 19.2. The summed E-state index contributed by atoms with van der Waals surface area (Å²) >= 11 is 1.26. The van der Waals surface area contributed by atoms with Crippen LogP contribution in [0.4, 0.5) is 0 Å². The highest BCUT2D eigenvalue weighted by Crippen LogP contribution is 2.26. The maximum atomic E-state index is 12.8. The third-order valence-corrected chi connectivity index (χ3v) is 5.60. The normalized spacial score (nSPS) is 11.0. The summed E-state index contributed by atoms with van der Waals surface area (Å²) in [6, 6.07) is 19.9. The molecule has 0 aliphatic rings. The van der Waals surface area contributed by atoms with Gasteiger partial charge in [0.2, 0.25) is 5.89 Å².